The fourth-order valence-corrected chi connectivity index (χ4v) is 3.53. The Morgan fingerprint density at radius 3 is 2.58 bits per heavy atom. The highest BCUT2D eigenvalue weighted by Crippen LogP contribution is 2.22. The number of nitrogens with one attached hydrogen (secondary N) is 1. The lowest BCUT2D eigenvalue weighted by Crippen LogP contribution is -2.15. The average Bonchev–Trinajstić information content (AvgIpc) is 3.44. The molecule has 0 saturated carbocycles. The second-order valence-electron chi connectivity index (χ2n) is 7.69. The van der Waals surface area contributed by atoms with E-state index >= 15 is 0 Å². The molecule has 0 spiro atoms. The van der Waals surface area contributed by atoms with Crippen LogP contribution in [0.1, 0.15) is 41.4 Å². The van der Waals surface area contributed by atoms with Gasteiger partial charge in [0.1, 0.15) is 12.1 Å². The molecule has 2 heterocycles. The van der Waals surface area contributed by atoms with Gasteiger partial charge in [0.25, 0.3) is 5.91 Å². The molecular formula is C23H22Cl2N6O2. The molecule has 0 bridgehead atoms. The number of amides is 1. The predicted octanol–water partition coefficient (Wildman–Crippen LogP) is 5.24. The van der Waals surface area contributed by atoms with Gasteiger partial charge in [-0.2, -0.15) is 5.10 Å². The van der Waals surface area contributed by atoms with Crippen molar-refractivity contribution in [3.05, 3.63) is 87.9 Å². The van der Waals surface area contributed by atoms with Gasteiger partial charge in [0.2, 0.25) is 5.95 Å². The summed E-state index contributed by atoms with van der Waals surface area (Å²) in [5.41, 5.74) is 2.31. The van der Waals surface area contributed by atoms with Gasteiger partial charge in [-0.15, -0.1) is 5.10 Å². The molecule has 4 rings (SSSR count). The predicted molar refractivity (Wildman–Crippen MR) is 127 cm³/mol. The first kappa shape index (κ1) is 22.8. The Labute approximate surface area is 201 Å². The van der Waals surface area contributed by atoms with Crippen molar-refractivity contribution in [3.63, 3.8) is 0 Å². The van der Waals surface area contributed by atoms with Crippen molar-refractivity contribution in [2.45, 2.75) is 33.0 Å². The van der Waals surface area contributed by atoms with Crippen LogP contribution in [-0.4, -0.2) is 30.5 Å². The van der Waals surface area contributed by atoms with Crippen LogP contribution in [0.3, 0.4) is 0 Å². The van der Waals surface area contributed by atoms with Gasteiger partial charge in [0, 0.05) is 16.2 Å². The van der Waals surface area contributed by atoms with Crippen LogP contribution in [-0.2, 0) is 13.3 Å². The highest BCUT2D eigenvalue weighted by atomic mass is 35.5. The number of ether oxygens (including phenoxy) is 1. The number of halogens is 2. The third-order valence-corrected chi connectivity index (χ3v) is 5.48. The smallest absolute Gasteiger partial charge is 0.278 e. The van der Waals surface area contributed by atoms with Crippen LogP contribution in [0.2, 0.25) is 10.0 Å². The fourth-order valence-electron chi connectivity index (χ4n) is 3.06. The maximum atomic E-state index is 12.5. The van der Waals surface area contributed by atoms with Crippen molar-refractivity contribution in [3.8, 4) is 5.75 Å². The van der Waals surface area contributed by atoms with Crippen LogP contribution in [0.15, 0.2) is 61.1 Å². The molecule has 1 N–H and O–H groups in total. The van der Waals surface area contributed by atoms with Crippen molar-refractivity contribution in [1.29, 1.82) is 0 Å². The molecular weight excluding hydrogens is 463 g/mol. The Kier molecular flexibility index (Phi) is 6.96. The zero-order valence-electron chi connectivity index (χ0n) is 18.1. The van der Waals surface area contributed by atoms with Gasteiger partial charge in [0.05, 0.1) is 6.54 Å². The zero-order valence-corrected chi connectivity index (χ0v) is 19.6. The molecule has 8 nitrogen and oxygen atoms in total. The third-order valence-electron chi connectivity index (χ3n) is 4.89. The SMILES string of the molecule is CC(C)c1ccc(OCn2ccc(C(=O)Nc3ncn(Cc4ccc(Cl)cc4Cl)n3)n2)cc1. The Hall–Kier alpha value is -3.36. The first-order valence-corrected chi connectivity index (χ1v) is 11.0. The van der Waals surface area contributed by atoms with Crippen LogP contribution >= 0.6 is 23.2 Å². The van der Waals surface area contributed by atoms with Crippen molar-refractivity contribution >= 4 is 35.1 Å². The van der Waals surface area contributed by atoms with E-state index < -0.39 is 5.91 Å². The molecule has 2 aromatic heterocycles. The molecule has 0 fully saturated rings. The van der Waals surface area contributed by atoms with Gasteiger partial charge in [0.15, 0.2) is 12.4 Å². The molecule has 4 aromatic rings. The largest absolute Gasteiger partial charge is 0.471 e. The van der Waals surface area contributed by atoms with E-state index in [0.29, 0.717) is 22.5 Å². The third kappa shape index (κ3) is 5.91. The number of aromatic nitrogens is 5. The van der Waals surface area contributed by atoms with Gasteiger partial charge in [-0.3, -0.25) is 10.1 Å². The minimum absolute atomic E-state index is 0.168. The van der Waals surface area contributed by atoms with E-state index in [2.05, 4.69) is 34.3 Å². The van der Waals surface area contributed by atoms with Crippen molar-refractivity contribution in [2.24, 2.45) is 0 Å². The van der Waals surface area contributed by atoms with Crippen LogP contribution in [0, 0.1) is 0 Å². The summed E-state index contributed by atoms with van der Waals surface area (Å²) < 4.78 is 8.85. The van der Waals surface area contributed by atoms with E-state index in [1.807, 2.05) is 30.3 Å². The molecule has 1 amide bonds. The summed E-state index contributed by atoms with van der Waals surface area (Å²) in [6.07, 6.45) is 3.18. The van der Waals surface area contributed by atoms with Gasteiger partial charge < -0.3 is 4.74 Å². The minimum atomic E-state index is -0.419. The van der Waals surface area contributed by atoms with E-state index in [0.717, 1.165) is 11.3 Å². The van der Waals surface area contributed by atoms with Gasteiger partial charge in [-0.1, -0.05) is 55.2 Å². The van der Waals surface area contributed by atoms with Crippen LogP contribution in [0.25, 0.3) is 0 Å². The number of benzene rings is 2. The van der Waals surface area contributed by atoms with E-state index in [1.54, 1.807) is 33.8 Å². The molecule has 0 saturated heterocycles. The van der Waals surface area contributed by atoms with E-state index in [4.69, 9.17) is 27.9 Å². The summed E-state index contributed by atoms with van der Waals surface area (Å²) in [6, 6.07) is 14.8. The zero-order chi connectivity index (χ0) is 23.4. The summed E-state index contributed by atoms with van der Waals surface area (Å²) in [5.74, 6) is 0.942. The Bertz CT molecular complexity index is 1250. The number of rotatable bonds is 8. The lowest BCUT2D eigenvalue weighted by Gasteiger charge is -2.09. The molecule has 2 aromatic carbocycles. The molecule has 33 heavy (non-hydrogen) atoms. The Morgan fingerprint density at radius 1 is 1.06 bits per heavy atom. The summed E-state index contributed by atoms with van der Waals surface area (Å²) in [5, 5.41) is 12.2. The van der Waals surface area contributed by atoms with Crippen LogP contribution in [0.5, 0.6) is 5.75 Å². The number of carbonyl (C=O) groups excluding carboxylic acids is 1. The van der Waals surface area contributed by atoms with Gasteiger partial charge in [-0.25, -0.2) is 14.3 Å². The second-order valence-corrected chi connectivity index (χ2v) is 8.54. The molecule has 0 atom stereocenters. The van der Waals surface area contributed by atoms with Gasteiger partial charge in [-0.05, 0) is 47.4 Å². The number of hydrogen-bond donors (Lipinski definition) is 1. The number of nitrogens with zero attached hydrogens (tertiary/aromatic N) is 5. The number of carbonyl (C=O) groups is 1. The molecule has 0 aliphatic rings. The maximum Gasteiger partial charge on any atom is 0.278 e. The maximum absolute atomic E-state index is 12.5. The first-order chi connectivity index (χ1) is 15.9. The van der Waals surface area contributed by atoms with Gasteiger partial charge >= 0.3 is 0 Å². The Balaban J connectivity index is 1.32. The Morgan fingerprint density at radius 2 is 1.85 bits per heavy atom. The van der Waals surface area contributed by atoms with E-state index in [9.17, 15) is 4.79 Å². The summed E-state index contributed by atoms with van der Waals surface area (Å²) in [7, 11) is 0. The quantitative estimate of drug-likeness (QED) is 0.369. The molecule has 170 valence electrons. The minimum Gasteiger partial charge on any atom is -0.471 e. The van der Waals surface area contributed by atoms with Crippen molar-refractivity contribution < 1.29 is 9.53 Å². The summed E-state index contributed by atoms with van der Waals surface area (Å²) >= 11 is 12.1. The molecule has 0 aliphatic heterocycles. The van der Waals surface area contributed by atoms with Crippen LogP contribution < -0.4 is 10.1 Å². The standard InChI is InChI=1S/C23H22Cl2N6O2/c1-15(2)16-4-7-19(8-5-16)33-14-30-10-9-21(28-30)22(32)27-23-26-13-31(29-23)12-17-3-6-18(24)11-20(17)25/h3-11,13,15H,12,14H2,1-2H3,(H,27,29,32). The molecule has 0 radical (unpaired) electrons. The second kappa shape index (κ2) is 10.1. The molecule has 0 aliphatic carbocycles. The number of hydrogen-bond acceptors (Lipinski definition) is 5. The summed E-state index contributed by atoms with van der Waals surface area (Å²) in [4.78, 5) is 16.6. The van der Waals surface area contributed by atoms with Crippen molar-refractivity contribution in [2.75, 3.05) is 5.32 Å². The first-order valence-electron chi connectivity index (χ1n) is 10.3. The highest BCUT2D eigenvalue weighted by molar-refractivity contribution is 6.35. The molecule has 10 heteroatoms. The normalized spacial score (nSPS) is 11.1. The molecule has 0 unspecified atom stereocenters. The lowest BCUT2D eigenvalue weighted by atomic mass is 10.0. The lowest BCUT2D eigenvalue weighted by molar-refractivity contribution is 0.101. The van der Waals surface area contributed by atoms with E-state index in [-0.39, 0.29) is 18.4 Å². The monoisotopic (exact) mass is 484 g/mol. The average molecular weight is 485 g/mol. The number of anilines is 1. The summed E-state index contributed by atoms with van der Waals surface area (Å²) in [6.45, 7) is 4.86. The fraction of sp³-hybridized carbons (Fsp3) is 0.217. The van der Waals surface area contributed by atoms with Crippen molar-refractivity contribution in [1.82, 2.24) is 24.5 Å². The highest BCUT2D eigenvalue weighted by Gasteiger charge is 2.13. The topological polar surface area (TPSA) is 86.9 Å². The van der Waals surface area contributed by atoms with E-state index in [1.165, 1.54) is 11.9 Å². The van der Waals surface area contributed by atoms with Crippen LogP contribution in [0.4, 0.5) is 5.95 Å².